The molecule has 0 aliphatic heterocycles. The summed E-state index contributed by atoms with van der Waals surface area (Å²) < 4.78 is 99.7. The smallest absolute Gasteiger partial charge is 0.308 e. The number of nitrogens with zero attached hydrogens (tertiary/aromatic N) is 24. The summed E-state index contributed by atoms with van der Waals surface area (Å²) in [6.07, 6.45) is 16.3. The zero-order valence-corrected chi connectivity index (χ0v) is 72.3. The van der Waals surface area contributed by atoms with Gasteiger partial charge in [-0.05, 0) is 234 Å². The molecule has 0 unspecified atom stereocenters. The summed E-state index contributed by atoms with van der Waals surface area (Å²) in [6.45, 7) is 0. The van der Waals surface area contributed by atoms with Crippen molar-refractivity contribution in [2.45, 2.75) is 12.4 Å². The summed E-state index contributed by atoms with van der Waals surface area (Å²) in [5.41, 5.74) is 9.11. The van der Waals surface area contributed by atoms with Crippen molar-refractivity contribution in [2.75, 3.05) is 0 Å². The highest BCUT2D eigenvalue weighted by Gasteiger charge is 2.36. The van der Waals surface area contributed by atoms with E-state index in [4.69, 9.17) is 19.9 Å². The maximum absolute atomic E-state index is 15.4. The summed E-state index contributed by atoms with van der Waals surface area (Å²) in [5.74, 6) is 2.94. The van der Waals surface area contributed by atoms with E-state index in [0.717, 1.165) is 35.0 Å². The standard InChI is InChI=1S/C110H56F6N24/c111-109(112,113)75-38-61(55-117)36-70(40-75)72-49-96(137-89-18-11-63(101-121-22-1-23-122-101)42-81(89)82-43-64(12-19-90(82)137)102-123-24-2-25-124-102)87(57-119)97(50-72)138-91-20-13-65(103-125-26-3-27-126-103)44-83(91)84-45-66(14-21-92(84)138)107-135-59-74(60-136-107)80-53-85-79-17-10-69(106-131-32-6-33-132-106)48-95(79)140(100(85)54-86(80)108-133-34-7-35-134-108)99-52-73(71-37-62(56-118)39-76(41-71)110(114,115)116)51-98(88(99)58-120)139-93-46-67(104-127-28-4-29-128-104)8-15-77(93)78-16-9-68(47-94(78)139)105-129-30-5-31-130-105/h1-54,59-60H. The molecule has 0 aliphatic rings. The van der Waals surface area contributed by atoms with Crippen molar-refractivity contribution in [3.05, 3.63) is 375 Å². The van der Waals surface area contributed by atoms with E-state index in [9.17, 15) is 21.0 Å². The molecule has 658 valence electrons. The molecule has 0 radical (unpaired) electrons. The number of nitriles is 4. The van der Waals surface area contributed by atoms with Crippen molar-refractivity contribution < 1.29 is 26.3 Å². The number of hydrogen-bond donors (Lipinski definition) is 0. The molecule has 12 heterocycles. The second-order valence-electron chi connectivity index (χ2n) is 33.0. The zero-order valence-electron chi connectivity index (χ0n) is 72.3. The maximum atomic E-state index is 15.4. The predicted octanol–water partition coefficient (Wildman–Crippen LogP) is 24.3. The average molecular weight is 1830 g/mol. The van der Waals surface area contributed by atoms with Gasteiger partial charge in [-0.25, -0.2) is 79.7 Å². The Balaban J connectivity index is 0.716. The largest absolute Gasteiger partial charge is 0.416 e. The number of hydrogen-bond acceptors (Lipinski definition) is 20. The van der Waals surface area contributed by atoms with Crippen LogP contribution >= 0.6 is 0 Å². The van der Waals surface area contributed by atoms with E-state index in [1.165, 1.54) is 12.1 Å². The number of alkyl halides is 6. The molecule has 0 N–H and O–H groups in total. The number of benzene rings is 12. The van der Waals surface area contributed by atoms with Crippen LogP contribution in [0.4, 0.5) is 26.3 Å². The normalized spacial score (nSPS) is 11.8. The van der Waals surface area contributed by atoms with Gasteiger partial charge in [0.05, 0.1) is 101 Å². The lowest BCUT2D eigenvalue weighted by molar-refractivity contribution is -0.138. The SMILES string of the molecule is N#Cc1cc(-c2cc(-n3c4ccc(-c5ncccn5)cc4c4cc(-c5ncccn5)ccc43)c(C#N)c(-n3c4ccc(-c5ncccn5)cc4c4cc(-c5ncc(-c6cc7c8ccc(-c9ncccn9)cc8n(-c8cc(-c9cc(C#N)cc(C(F)(F)F)c9)cc(-n9c%10cc(-c%11ncccn%11)ccc%10c%10ccc(-c%11ncccn%11)cc%109)c8C#N)c7cc6-c6ncccn6)cn5)ccc43)c2)cc(C(F)(F)F)c1. The minimum atomic E-state index is -4.91. The van der Waals surface area contributed by atoms with Gasteiger partial charge in [-0.1, -0.05) is 36.4 Å². The van der Waals surface area contributed by atoms with E-state index in [1.54, 1.807) is 166 Å². The summed E-state index contributed by atoms with van der Waals surface area (Å²) in [4.78, 5) is 75.5. The molecule has 0 spiro atoms. The maximum Gasteiger partial charge on any atom is 0.416 e. The minimum absolute atomic E-state index is 0.00650. The molecular weight excluding hydrogens is 1770 g/mol. The zero-order chi connectivity index (χ0) is 94.8. The van der Waals surface area contributed by atoms with Crippen LogP contribution in [0.5, 0.6) is 0 Å². The molecule has 0 atom stereocenters. The van der Waals surface area contributed by atoms with E-state index in [2.05, 4.69) is 71.9 Å². The lowest BCUT2D eigenvalue weighted by Crippen LogP contribution is -2.07. The van der Waals surface area contributed by atoms with Crippen molar-refractivity contribution in [3.8, 4) is 172 Å². The van der Waals surface area contributed by atoms with Gasteiger partial charge in [0.15, 0.2) is 46.6 Å². The molecule has 140 heavy (non-hydrogen) atoms. The highest BCUT2D eigenvalue weighted by Crippen LogP contribution is 2.50. The predicted molar refractivity (Wildman–Crippen MR) is 517 cm³/mol. The Morgan fingerprint density at radius 1 is 0.200 bits per heavy atom. The van der Waals surface area contributed by atoms with Crippen LogP contribution in [0, 0.1) is 45.3 Å². The lowest BCUT2D eigenvalue weighted by Gasteiger charge is -2.20. The Kier molecular flexibility index (Phi) is 19.6. The van der Waals surface area contributed by atoms with Crippen molar-refractivity contribution in [3.63, 3.8) is 0 Å². The third-order valence-electron chi connectivity index (χ3n) is 25.0. The first-order chi connectivity index (χ1) is 68.4. The Bertz CT molecular complexity index is 9250. The summed E-state index contributed by atoms with van der Waals surface area (Å²) in [7, 11) is 0. The number of fused-ring (bicyclic) bond motifs is 12. The highest BCUT2D eigenvalue weighted by atomic mass is 19.4. The Morgan fingerprint density at radius 3 is 0.743 bits per heavy atom. The van der Waals surface area contributed by atoms with Crippen LogP contribution in [0.3, 0.4) is 0 Å². The topological polar surface area (TPSA) is 321 Å². The molecule has 0 saturated heterocycles. The molecule has 12 aromatic heterocycles. The molecule has 24 nitrogen and oxygen atoms in total. The van der Waals surface area contributed by atoms with Crippen LogP contribution in [-0.2, 0) is 12.4 Å². The second kappa shape index (κ2) is 33.0. The molecule has 0 aliphatic carbocycles. The molecule has 12 aromatic carbocycles. The Hall–Kier alpha value is -20.0. The summed E-state index contributed by atoms with van der Waals surface area (Å²) in [6, 6.07) is 77.8. The van der Waals surface area contributed by atoms with Gasteiger partial charge < -0.3 is 18.3 Å². The van der Waals surface area contributed by atoms with E-state index in [-0.39, 0.29) is 78.9 Å². The lowest BCUT2D eigenvalue weighted by atomic mass is 9.96. The van der Waals surface area contributed by atoms with Gasteiger partial charge in [0.1, 0.15) is 23.3 Å². The third-order valence-corrected chi connectivity index (χ3v) is 25.0. The summed E-state index contributed by atoms with van der Waals surface area (Å²) >= 11 is 0. The molecule has 24 aromatic rings. The quantitative estimate of drug-likeness (QED) is 0.0861. The van der Waals surface area contributed by atoms with E-state index >= 15 is 26.3 Å². The van der Waals surface area contributed by atoms with E-state index in [0.29, 0.717) is 167 Å². The minimum Gasteiger partial charge on any atom is -0.308 e. The highest BCUT2D eigenvalue weighted by molar-refractivity contribution is 6.17. The first kappa shape index (κ1) is 83.1. The molecule has 0 saturated carbocycles. The molecule has 24 rings (SSSR count). The molecule has 0 bridgehead atoms. The number of halogens is 6. The summed E-state index contributed by atoms with van der Waals surface area (Å²) in [5, 5.41) is 51.1. The van der Waals surface area contributed by atoms with Crippen molar-refractivity contribution in [1.82, 2.24) is 98.0 Å². The average Bonchev–Trinajstić information content (AvgIpc) is 1.53. The fraction of sp³-hybridized carbons (Fsp3) is 0.0182. The molecule has 30 heteroatoms. The van der Waals surface area contributed by atoms with Gasteiger partial charge in [-0.15, -0.1) is 0 Å². The molecule has 0 fully saturated rings. The van der Waals surface area contributed by atoms with Gasteiger partial charge in [-0.3, -0.25) is 0 Å². The van der Waals surface area contributed by atoms with Crippen LogP contribution in [0.25, 0.3) is 234 Å². The van der Waals surface area contributed by atoms with Crippen molar-refractivity contribution >= 4 is 87.2 Å². The van der Waals surface area contributed by atoms with Gasteiger partial charge in [-0.2, -0.15) is 47.4 Å². The Labute approximate surface area is 787 Å². The first-order valence-corrected chi connectivity index (χ1v) is 43.5. The van der Waals surface area contributed by atoms with E-state index < -0.39 is 23.5 Å². The molecular formula is C110H56F6N24. The number of aromatic nitrogens is 20. The van der Waals surface area contributed by atoms with Crippen LogP contribution < -0.4 is 0 Å². The fourth-order valence-electron chi connectivity index (χ4n) is 18.8. The van der Waals surface area contributed by atoms with Crippen LogP contribution in [0.2, 0.25) is 0 Å². The van der Waals surface area contributed by atoms with E-state index in [1.807, 2.05) is 170 Å². The van der Waals surface area contributed by atoms with Crippen molar-refractivity contribution in [2.24, 2.45) is 0 Å². The van der Waals surface area contributed by atoms with Crippen molar-refractivity contribution in [1.29, 1.82) is 21.0 Å². The Morgan fingerprint density at radius 2 is 0.450 bits per heavy atom. The monoisotopic (exact) mass is 1830 g/mol. The number of rotatable bonds is 15. The van der Waals surface area contributed by atoms with Crippen LogP contribution in [0.15, 0.2) is 342 Å². The van der Waals surface area contributed by atoms with Crippen LogP contribution in [0.1, 0.15) is 33.4 Å². The first-order valence-electron chi connectivity index (χ1n) is 43.5. The van der Waals surface area contributed by atoms with Crippen LogP contribution in [-0.4, -0.2) is 98.0 Å². The van der Waals surface area contributed by atoms with Gasteiger partial charge >= 0.3 is 12.4 Å². The van der Waals surface area contributed by atoms with Gasteiger partial charge in [0, 0.05) is 192 Å². The second-order valence-corrected chi connectivity index (χ2v) is 33.0. The van der Waals surface area contributed by atoms with Gasteiger partial charge in [0.25, 0.3) is 0 Å². The third kappa shape index (κ3) is 14.2. The molecule has 0 amide bonds. The van der Waals surface area contributed by atoms with Gasteiger partial charge in [0.2, 0.25) is 0 Å². The fourth-order valence-corrected chi connectivity index (χ4v) is 18.8.